The van der Waals surface area contributed by atoms with Gasteiger partial charge < -0.3 is 16.6 Å². The van der Waals surface area contributed by atoms with Gasteiger partial charge in [0.25, 0.3) is 0 Å². The van der Waals surface area contributed by atoms with Crippen molar-refractivity contribution in [1.82, 2.24) is 19.5 Å². The minimum Gasteiger partial charge on any atom is -0.398 e. The first kappa shape index (κ1) is 22.3. The van der Waals surface area contributed by atoms with Crippen molar-refractivity contribution in [3.63, 3.8) is 0 Å². The van der Waals surface area contributed by atoms with E-state index in [0.29, 0.717) is 46.8 Å². The fourth-order valence-electron chi connectivity index (χ4n) is 4.32. The van der Waals surface area contributed by atoms with Gasteiger partial charge in [0.2, 0.25) is 5.82 Å². The number of halogens is 1. The van der Waals surface area contributed by atoms with Crippen LogP contribution >= 0.6 is 0 Å². The maximum absolute atomic E-state index is 14.1. The number of nitrogens with zero attached hydrogens (tertiary/aromatic N) is 5. The third-order valence-electron chi connectivity index (χ3n) is 6.12. The highest BCUT2D eigenvalue weighted by Gasteiger charge is 2.27. The number of aromatic nitrogens is 4. The number of imidazole rings is 1. The largest absolute Gasteiger partial charge is 0.398 e. The van der Waals surface area contributed by atoms with Crippen molar-refractivity contribution >= 4 is 22.7 Å². The lowest BCUT2D eigenvalue weighted by Crippen LogP contribution is -2.29. The third kappa shape index (κ3) is 4.25. The summed E-state index contributed by atoms with van der Waals surface area (Å²) in [6, 6.07) is 13.0. The first-order valence-corrected chi connectivity index (χ1v) is 11.2. The van der Waals surface area contributed by atoms with E-state index in [2.05, 4.69) is 32.9 Å². The number of nitrogen functional groups attached to an aromatic ring is 2. The van der Waals surface area contributed by atoms with Crippen LogP contribution in [0.25, 0.3) is 28.2 Å². The monoisotopic (exact) mass is 467 g/mol. The second-order valence-electron chi connectivity index (χ2n) is 8.61. The number of anilines is 2. The number of rotatable bonds is 2. The lowest BCUT2D eigenvalue weighted by molar-refractivity contribution is 0.0610. The molecule has 1 saturated carbocycles. The molecule has 2 aromatic heterocycles. The molecule has 5 rings (SSSR count). The maximum Gasteiger partial charge on any atom is 0.209 e. The molecule has 174 valence electrons. The molecule has 1 aliphatic carbocycles. The lowest BCUT2D eigenvalue weighted by atomic mass is 9.85. The van der Waals surface area contributed by atoms with E-state index >= 15 is 0 Å². The summed E-state index contributed by atoms with van der Waals surface area (Å²) < 4.78 is 15.7. The van der Waals surface area contributed by atoms with Crippen LogP contribution < -0.4 is 11.5 Å². The highest BCUT2D eigenvalue weighted by molar-refractivity contribution is 5.88. The van der Waals surface area contributed by atoms with Crippen molar-refractivity contribution in [3.8, 4) is 35.0 Å². The minimum atomic E-state index is -1.07. The molecule has 1 fully saturated rings. The zero-order valence-corrected chi connectivity index (χ0v) is 18.8. The van der Waals surface area contributed by atoms with Crippen LogP contribution in [0.1, 0.15) is 43.5 Å². The summed E-state index contributed by atoms with van der Waals surface area (Å²) in [7, 11) is 0. The predicted molar refractivity (Wildman–Crippen MR) is 131 cm³/mol. The van der Waals surface area contributed by atoms with Gasteiger partial charge in [0.1, 0.15) is 23.3 Å². The topological polar surface area (TPSA) is 140 Å². The molecular weight excluding hydrogens is 445 g/mol. The van der Waals surface area contributed by atoms with Crippen molar-refractivity contribution in [2.45, 2.75) is 37.7 Å². The first-order valence-electron chi connectivity index (χ1n) is 11.2. The van der Waals surface area contributed by atoms with Crippen LogP contribution in [0.15, 0.2) is 42.5 Å². The predicted octanol–water partition coefficient (Wildman–Crippen LogP) is 3.70. The molecule has 0 saturated heterocycles. The SMILES string of the molecule is N#Cc1cc(-n2c(-c3cccc(F)c3)nc3c(N)nc(C#CC4(O)CCCCC4)nc32)ccc1N. The Bertz CT molecular complexity index is 1550. The van der Waals surface area contributed by atoms with Crippen molar-refractivity contribution in [2.24, 2.45) is 0 Å². The van der Waals surface area contributed by atoms with Crippen LogP contribution in [-0.4, -0.2) is 30.2 Å². The van der Waals surface area contributed by atoms with Gasteiger partial charge in [-0.3, -0.25) is 4.57 Å². The Hall–Kier alpha value is -4.47. The third-order valence-corrected chi connectivity index (χ3v) is 6.12. The summed E-state index contributed by atoms with van der Waals surface area (Å²) in [5.74, 6) is 5.98. The quantitative estimate of drug-likeness (QED) is 0.302. The normalized spacial score (nSPS) is 14.8. The van der Waals surface area contributed by atoms with Gasteiger partial charge in [-0.2, -0.15) is 5.26 Å². The molecule has 8 nitrogen and oxygen atoms in total. The van der Waals surface area contributed by atoms with Crippen LogP contribution in [0.3, 0.4) is 0 Å². The highest BCUT2D eigenvalue weighted by atomic mass is 19.1. The van der Waals surface area contributed by atoms with E-state index in [9.17, 15) is 14.8 Å². The van der Waals surface area contributed by atoms with Crippen molar-refractivity contribution in [1.29, 1.82) is 5.26 Å². The number of nitrogens with two attached hydrogens (primary N) is 2. The molecule has 4 aromatic rings. The molecule has 0 aliphatic heterocycles. The Morgan fingerprint density at radius 2 is 1.83 bits per heavy atom. The summed E-state index contributed by atoms with van der Waals surface area (Å²) in [5.41, 5.74) is 13.4. The van der Waals surface area contributed by atoms with Gasteiger partial charge in [0.05, 0.1) is 11.3 Å². The van der Waals surface area contributed by atoms with Gasteiger partial charge >= 0.3 is 0 Å². The maximum atomic E-state index is 14.1. The summed E-state index contributed by atoms with van der Waals surface area (Å²) in [4.78, 5) is 13.5. The fourth-order valence-corrected chi connectivity index (χ4v) is 4.32. The van der Waals surface area contributed by atoms with Gasteiger partial charge in [-0.05, 0) is 61.9 Å². The molecule has 0 bridgehead atoms. The van der Waals surface area contributed by atoms with Crippen LogP contribution in [0.4, 0.5) is 15.9 Å². The molecule has 9 heteroatoms. The van der Waals surface area contributed by atoms with Gasteiger partial charge in [0.15, 0.2) is 17.0 Å². The van der Waals surface area contributed by atoms with Gasteiger partial charge in [-0.25, -0.2) is 19.3 Å². The van der Waals surface area contributed by atoms with Gasteiger partial charge in [-0.1, -0.05) is 24.5 Å². The van der Waals surface area contributed by atoms with Gasteiger partial charge in [0, 0.05) is 11.3 Å². The van der Waals surface area contributed by atoms with E-state index in [1.807, 2.05) is 0 Å². The molecule has 0 radical (unpaired) electrons. The number of nitriles is 1. The second-order valence-corrected chi connectivity index (χ2v) is 8.61. The Labute approximate surface area is 201 Å². The Kier molecular flexibility index (Phi) is 5.56. The summed E-state index contributed by atoms with van der Waals surface area (Å²) >= 11 is 0. The van der Waals surface area contributed by atoms with Crippen LogP contribution in [0.2, 0.25) is 0 Å². The van der Waals surface area contributed by atoms with Crippen LogP contribution in [0, 0.1) is 29.0 Å². The molecule has 2 heterocycles. The van der Waals surface area contributed by atoms with E-state index in [1.54, 1.807) is 34.9 Å². The Morgan fingerprint density at radius 3 is 2.57 bits per heavy atom. The van der Waals surface area contributed by atoms with Gasteiger partial charge in [-0.15, -0.1) is 0 Å². The summed E-state index contributed by atoms with van der Waals surface area (Å²) in [6.45, 7) is 0. The van der Waals surface area contributed by atoms with E-state index in [1.165, 1.54) is 12.1 Å². The van der Waals surface area contributed by atoms with Crippen molar-refractivity contribution < 1.29 is 9.50 Å². The standard InChI is InChI=1S/C26H22FN7O/c27-18-6-4-5-16(13-18)24-33-22-23(30)31-21(9-12-26(35)10-2-1-3-11-26)32-25(22)34(24)19-7-8-20(29)17(14-19)15-28/h4-8,13-14,35H,1-3,10-11,29H2,(H2,30,31,32). The average Bonchev–Trinajstić information content (AvgIpc) is 3.24. The van der Waals surface area contributed by atoms with Crippen LogP contribution in [0.5, 0.6) is 0 Å². The number of fused-ring (bicyclic) bond motifs is 1. The number of hydrogen-bond donors (Lipinski definition) is 3. The molecule has 0 atom stereocenters. The average molecular weight is 468 g/mol. The molecule has 35 heavy (non-hydrogen) atoms. The molecule has 0 spiro atoms. The second kappa shape index (κ2) is 8.71. The van der Waals surface area contributed by atoms with E-state index in [-0.39, 0.29) is 17.2 Å². The molecule has 5 N–H and O–H groups in total. The minimum absolute atomic E-state index is 0.0993. The van der Waals surface area contributed by atoms with E-state index < -0.39 is 11.4 Å². The molecular formula is C26H22FN7O. The van der Waals surface area contributed by atoms with Crippen molar-refractivity contribution in [3.05, 3.63) is 59.7 Å². The van der Waals surface area contributed by atoms with Crippen molar-refractivity contribution in [2.75, 3.05) is 11.5 Å². The van der Waals surface area contributed by atoms with Crippen LogP contribution in [-0.2, 0) is 0 Å². The smallest absolute Gasteiger partial charge is 0.209 e. The molecule has 1 aliphatic rings. The Morgan fingerprint density at radius 1 is 1.03 bits per heavy atom. The highest BCUT2D eigenvalue weighted by Crippen LogP contribution is 2.31. The summed E-state index contributed by atoms with van der Waals surface area (Å²) in [6.07, 6.45) is 4.10. The summed E-state index contributed by atoms with van der Waals surface area (Å²) in [5, 5.41) is 20.2. The fraction of sp³-hybridized carbons (Fsp3) is 0.231. The Balaban J connectivity index is 1.74. The number of hydrogen-bond acceptors (Lipinski definition) is 7. The van der Waals surface area contributed by atoms with E-state index in [0.717, 1.165) is 19.3 Å². The zero-order valence-electron chi connectivity index (χ0n) is 18.8. The molecule has 0 unspecified atom stereocenters. The molecule has 2 aromatic carbocycles. The molecule has 0 amide bonds. The number of benzene rings is 2. The lowest BCUT2D eigenvalue weighted by Gasteiger charge is -2.26. The van der Waals surface area contributed by atoms with E-state index in [4.69, 9.17) is 11.5 Å². The zero-order chi connectivity index (χ0) is 24.6. The first-order chi connectivity index (χ1) is 16.9. The number of aliphatic hydroxyl groups is 1.